The molecule has 6 nitrogen and oxygen atoms in total. The molecule has 2 N–H and O–H groups in total. The number of ether oxygens (including phenoxy) is 2. The van der Waals surface area contributed by atoms with E-state index in [1.54, 1.807) is 6.07 Å². The summed E-state index contributed by atoms with van der Waals surface area (Å²) in [6.45, 7) is 0. The lowest BCUT2D eigenvalue weighted by Crippen LogP contribution is -2.10. The Morgan fingerprint density at radius 2 is 1.44 bits per heavy atom. The third-order valence-corrected chi connectivity index (χ3v) is 2.15. The molecule has 1 aromatic rings. The molecule has 0 aromatic heterocycles. The number of hydrogen-bond acceptors (Lipinski definition) is 4. The smallest absolute Gasteiger partial charge is 0.343 e. The van der Waals surface area contributed by atoms with Gasteiger partial charge in [-0.15, -0.1) is 0 Å². The highest BCUT2D eigenvalue weighted by Crippen LogP contribution is 2.24. The number of carbonyl (C=O) groups is 2. The summed E-state index contributed by atoms with van der Waals surface area (Å²) in [6.07, 6.45) is 1.04. The van der Waals surface area contributed by atoms with E-state index in [9.17, 15) is 9.59 Å². The molecular weight excluding hydrogens is 240 g/mol. The number of rotatable bonds is 5. The Morgan fingerprint density at radius 1 is 1.00 bits per heavy atom. The molecule has 1 rings (SSSR count). The third-order valence-electron chi connectivity index (χ3n) is 2.15. The van der Waals surface area contributed by atoms with Gasteiger partial charge in [-0.3, -0.25) is 0 Å². The molecule has 0 amide bonds. The van der Waals surface area contributed by atoms with E-state index in [2.05, 4.69) is 0 Å². The van der Waals surface area contributed by atoms with Gasteiger partial charge in [-0.25, -0.2) is 9.59 Å². The minimum atomic E-state index is -1.51. The van der Waals surface area contributed by atoms with Crippen LogP contribution in [0.1, 0.15) is 5.56 Å². The summed E-state index contributed by atoms with van der Waals surface area (Å²) in [5, 5.41) is 17.5. The largest absolute Gasteiger partial charge is 0.497 e. The van der Waals surface area contributed by atoms with Crippen molar-refractivity contribution >= 4 is 18.0 Å². The fourth-order valence-electron chi connectivity index (χ4n) is 1.29. The fourth-order valence-corrected chi connectivity index (χ4v) is 1.29. The number of methoxy groups -OCH3 is 2. The molecule has 0 fully saturated rings. The minimum absolute atomic E-state index is 0.367. The molecular formula is C12H12O6. The van der Waals surface area contributed by atoms with Gasteiger partial charge in [0.15, 0.2) is 0 Å². The third kappa shape index (κ3) is 3.24. The molecule has 18 heavy (non-hydrogen) atoms. The van der Waals surface area contributed by atoms with Gasteiger partial charge in [0.2, 0.25) is 0 Å². The molecule has 0 saturated heterocycles. The van der Waals surface area contributed by atoms with E-state index >= 15 is 0 Å². The highest BCUT2D eigenvalue weighted by molar-refractivity contribution is 6.16. The fraction of sp³-hybridized carbons (Fsp3) is 0.167. The first kappa shape index (κ1) is 13.6. The van der Waals surface area contributed by atoms with Crippen LogP contribution in [0.25, 0.3) is 6.08 Å². The second-order valence-corrected chi connectivity index (χ2v) is 3.31. The van der Waals surface area contributed by atoms with E-state index in [1.807, 2.05) is 0 Å². The molecule has 0 spiro atoms. The first-order valence-electron chi connectivity index (χ1n) is 4.89. The molecule has 0 unspecified atom stereocenters. The van der Waals surface area contributed by atoms with Crippen molar-refractivity contribution in [3.63, 3.8) is 0 Å². The highest BCUT2D eigenvalue weighted by Gasteiger charge is 2.16. The van der Waals surface area contributed by atoms with E-state index in [0.29, 0.717) is 17.1 Å². The second kappa shape index (κ2) is 5.72. The van der Waals surface area contributed by atoms with E-state index < -0.39 is 17.5 Å². The molecule has 0 aliphatic carbocycles. The van der Waals surface area contributed by atoms with Crippen LogP contribution in [-0.4, -0.2) is 36.4 Å². The van der Waals surface area contributed by atoms with Gasteiger partial charge >= 0.3 is 11.9 Å². The minimum Gasteiger partial charge on any atom is -0.497 e. The van der Waals surface area contributed by atoms with Crippen molar-refractivity contribution in [3.05, 3.63) is 29.3 Å². The Labute approximate surface area is 103 Å². The van der Waals surface area contributed by atoms with E-state index in [-0.39, 0.29) is 0 Å². The Morgan fingerprint density at radius 3 is 1.78 bits per heavy atom. The first-order valence-corrected chi connectivity index (χ1v) is 4.89. The Kier molecular flexibility index (Phi) is 4.31. The normalized spacial score (nSPS) is 9.44. The molecule has 0 aliphatic heterocycles. The van der Waals surface area contributed by atoms with E-state index in [1.165, 1.54) is 26.4 Å². The summed E-state index contributed by atoms with van der Waals surface area (Å²) >= 11 is 0. The standard InChI is InChI=1S/C12H12O6/c1-17-8-3-7(4-9(6-8)18-2)5-10(11(13)14)12(15)16/h3-6H,1-2H3,(H,13,14)(H,15,16). The Bertz CT molecular complexity index is 465. The van der Waals surface area contributed by atoms with Gasteiger partial charge < -0.3 is 19.7 Å². The van der Waals surface area contributed by atoms with Gasteiger partial charge in [0.05, 0.1) is 14.2 Å². The number of carboxylic acids is 2. The van der Waals surface area contributed by atoms with Gasteiger partial charge in [0.25, 0.3) is 0 Å². The number of carboxylic acid groups (broad SMARTS) is 2. The lowest BCUT2D eigenvalue weighted by atomic mass is 10.1. The van der Waals surface area contributed by atoms with Crippen molar-refractivity contribution in [1.82, 2.24) is 0 Å². The molecule has 0 radical (unpaired) electrons. The van der Waals surface area contributed by atoms with Crippen LogP contribution < -0.4 is 9.47 Å². The second-order valence-electron chi connectivity index (χ2n) is 3.31. The molecule has 0 heterocycles. The topological polar surface area (TPSA) is 93.1 Å². The molecule has 0 bridgehead atoms. The van der Waals surface area contributed by atoms with Crippen LogP contribution in [0.3, 0.4) is 0 Å². The summed E-state index contributed by atoms with van der Waals surface area (Å²) < 4.78 is 9.99. The SMILES string of the molecule is COc1cc(C=C(C(=O)O)C(=O)O)cc(OC)c1. The molecule has 0 atom stereocenters. The number of hydrogen-bond donors (Lipinski definition) is 2. The molecule has 96 valence electrons. The maximum atomic E-state index is 10.7. The quantitative estimate of drug-likeness (QED) is 0.465. The van der Waals surface area contributed by atoms with Gasteiger partial charge in [-0.2, -0.15) is 0 Å². The van der Waals surface area contributed by atoms with Crippen molar-refractivity contribution in [3.8, 4) is 11.5 Å². The van der Waals surface area contributed by atoms with Crippen LogP contribution in [-0.2, 0) is 9.59 Å². The molecule has 0 aliphatic rings. The monoisotopic (exact) mass is 252 g/mol. The van der Waals surface area contributed by atoms with Crippen molar-refractivity contribution < 1.29 is 29.3 Å². The van der Waals surface area contributed by atoms with Gasteiger partial charge in [0.1, 0.15) is 17.1 Å². The Balaban J connectivity index is 3.27. The lowest BCUT2D eigenvalue weighted by molar-refractivity contribution is -0.140. The zero-order chi connectivity index (χ0) is 13.7. The van der Waals surface area contributed by atoms with Gasteiger partial charge in [-0.1, -0.05) is 0 Å². The summed E-state index contributed by atoms with van der Waals surface area (Å²) in [5.74, 6) is -2.14. The van der Waals surface area contributed by atoms with Crippen molar-refractivity contribution in [1.29, 1.82) is 0 Å². The van der Waals surface area contributed by atoms with Crippen molar-refractivity contribution in [2.45, 2.75) is 0 Å². The van der Waals surface area contributed by atoms with E-state index in [4.69, 9.17) is 19.7 Å². The van der Waals surface area contributed by atoms with E-state index in [0.717, 1.165) is 6.08 Å². The van der Waals surface area contributed by atoms with Crippen molar-refractivity contribution in [2.24, 2.45) is 0 Å². The molecule has 6 heteroatoms. The summed E-state index contributed by atoms with van der Waals surface area (Å²) in [7, 11) is 2.88. The highest BCUT2D eigenvalue weighted by atomic mass is 16.5. The number of benzene rings is 1. The van der Waals surface area contributed by atoms with Crippen LogP contribution in [0.2, 0.25) is 0 Å². The van der Waals surface area contributed by atoms with Crippen LogP contribution in [0.5, 0.6) is 11.5 Å². The lowest BCUT2D eigenvalue weighted by Gasteiger charge is -2.06. The van der Waals surface area contributed by atoms with Crippen LogP contribution >= 0.6 is 0 Å². The summed E-state index contributed by atoms with van der Waals surface area (Å²) in [4.78, 5) is 21.5. The van der Waals surface area contributed by atoms with Crippen LogP contribution in [0, 0.1) is 0 Å². The maximum Gasteiger partial charge on any atom is 0.343 e. The van der Waals surface area contributed by atoms with Crippen LogP contribution in [0.15, 0.2) is 23.8 Å². The van der Waals surface area contributed by atoms with Gasteiger partial charge in [-0.05, 0) is 23.8 Å². The zero-order valence-electron chi connectivity index (χ0n) is 9.84. The zero-order valence-corrected chi connectivity index (χ0v) is 9.84. The predicted molar refractivity (Wildman–Crippen MR) is 62.8 cm³/mol. The summed E-state index contributed by atoms with van der Waals surface area (Å²) in [5.41, 5.74) is -0.365. The molecule has 1 aromatic carbocycles. The molecule has 0 saturated carbocycles. The van der Waals surface area contributed by atoms with Gasteiger partial charge in [0, 0.05) is 6.07 Å². The summed E-state index contributed by atoms with van der Waals surface area (Å²) in [6, 6.07) is 4.61. The van der Waals surface area contributed by atoms with Crippen molar-refractivity contribution in [2.75, 3.05) is 14.2 Å². The van der Waals surface area contributed by atoms with Crippen LogP contribution in [0.4, 0.5) is 0 Å². The average molecular weight is 252 g/mol. The maximum absolute atomic E-state index is 10.7. The first-order chi connectivity index (χ1) is 8.47. The number of aliphatic carboxylic acids is 2. The average Bonchev–Trinajstić information content (AvgIpc) is 2.34. The Hall–Kier alpha value is -2.50. The predicted octanol–water partition coefficient (Wildman–Crippen LogP) is 1.26.